The number of hydrogen-bond donors (Lipinski definition) is 1. The number of alkyl halides is 3. The van der Waals surface area contributed by atoms with E-state index in [1.165, 1.54) is 6.92 Å². The van der Waals surface area contributed by atoms with Gasteiger partial charge in [-0.15, -0.1) is 0 Å². The molecule has 0 radical (unpaired) electrons. The first-order valence-corrected chi connectivity index (χ1v) is 9.15. The molecular weight excluding hydrogens is 387 g/mol. The number of carbonyl (C=O) groups is 2. The third-order valence-corrected chi connectivity index (χ3v) is 4.71. The molecule has 5 nitrogen and oxygen atoms in total. The van der Waals surface area contributed by atoms with Crippen LogP contribution in [-0.4, -0.2) is 37.5 Å². The Hall–Kier alpha value is -3.03. The van der Waals surface area contributed by atoms with Crippen LogP contribution in [0.4, 0.5) is 18.0 Å². The number of ether oxygens (including phenoxy) is 2. The van der Waals surface area contributed by atoms with Gasteiger partial charge in [-0.25, -0.2) is 4.79 Å². The molecular formula is C21H20F3NO4. The second-order valence-corrected chi connectivity index (χ2v) is 6.57. The molecule has 0 saturated heterocycles. The molecule has 1 aliphatic carbocycles. The van der Waals surface area contributed by atoms with E-state index in [1.807, 2.05) is 48.5 Å². The minimum absolute atomic E-state index is 0.0473. The van der Waals surface area contributed by atoms with E-state index in [1.54, 1.807) is 5.32 Å². The summed E-state index contributed by atoms with van der Waals surface area (Å²) in [5.41, 5.74) is 3.90. The number of esters is 1. The number of amides is 1. The van der Waals surface area contributed by atoms with Crippen LogP contribution in [0.2, 0.25) is 0 Å². The van der Waals surface area contributed by atoms with Gasteiger partial charge in [-0.3, -0.25) is 4.79 Å². The second kappa shape index (κ2) is 8.55. The molecule has 1 aliphatic rings. The third kappa shape index (κ3) is 4.70. The van der Waals surface area contributed by atoms with Gasteiger partial charge in [0.25, 0.3) is 0 Å². The van der Waals surface area contributed by atoms with Crippen molar-refractivity contribution in [3.05, 3.63) is 59.7 Å². The molecule has 0 saturated carbocycles. The van der Waals surface area contributed by atoms with Gasteiger partial charge in [0.1, 0.15) is 12.6 Å². The molecule has 1 atom stereocenters. The fraction of sp³-hybridized carbons (Fsp3) is 0.333. The SMILES string of the molecule is CCOC(=O)C[C@@H](NC(=O)OCC1c2ccccc2-c2ccccc21)C(F)(F)F. The predicted octanol–water partition coefficient (Wildman–Crippen LogP) is 4.41. The van der Waals surface area contributed by atoms with Crippen LogP contribution >= 0.6 is 0 Å². The molecule has 154 valence electrons. The first-order valence-electron chi connectivity index (χ1n) is 9.15. The molecule has 0 aromatic heterocycles. The molecule has 0 unspecified atom stereocenters. The van der Waals surface area contributed by atoms with Crippen LogP contribution in [-0.2, 0) is 14.3 Å². The maximum absolute atomic E-state index is 13.1. The summed E-state index contributed by atoms with van der Waals surface area (Å²) in [6.45, 7) is 1.32. The van der Waals surface area contributed by atoms with Crippen LogP contribution in [0.5, 0.6) is 0 Å². The highest BCUT2D eigenvalue weighted by molar-refractivity contribution is 5.79. The lowest BCUT2D eigenvalue weighted by atomic mass is 9.98. The Kier molecular flexibility index (Phi) is 6.10. The Morgan fingerprint density at radius 1 is 1.00 bits per heavy atom. The van der Waals surface area contributed by atoms with Gasteiger partial charge >= 0.3 is 18.2 Å². The highest BCUT2D eigenvalue weighted by Gasteiger charge is 2.43. The van der Waals surface area contributed by atoms with E-state index >= 15 is 0 Å². The van der Waals surface area contributed by atoms with Crippen LogP contribution in [0.15, 0.2) is 48.5 Å². The summed E-state index contributed by atoms with van der Waals surface area (Å²) in [6.07, 6.45) is -7.06. The number of fused-ring (bicyclic) bond motifs is 3. The molecule has 8 heteroatoms. The van der Waals surface area contributed by atoms with Gasteiger partial charge < -0.3 is 14.8 Å². The first-order chi connectivity index (χ1) is 13.8. The molecule has 1 amide bonds. The third-order valence-electron chi connectivity index (χ3n) is 4.71. The lowest BCUT2D eigenvalue weighted by Gasteiger charge is -2.21. The smallest absolute Gasteiger partial charge is 0.409 e. The molecule has 0 spiro atoms. The first kappa shape index (κ1) is 20.7. The van der Waals surface area contributed by atoms with Gasteiger partial charge in [-0.2, -0.15) is 13.2 Å². The maximum atomic E-state index is 13.1. The minimum Gasteiger partial charge on any atom is -0.466 e. The fourth-order valence-corrected chi connectivity index (χ4v) is 3.42. The van der Waals surface area contributed by atoms with Gasteiger partial charge in [0.15, 0.2) is 0 Å². The van der Waals surface area contributed by atoms with E-state index in [-0.39, 0.29) is 19.1 Å². The normalized spacial score (nSPS) is 13.9. The summed E-state index contributed by atoms with van der Waals surface area (Å²) in [5, 5.41) is 1.73. The number of rotatable bonds is 6. The van der Waals surface area contributed by atoms with Gasteiger partial charge in [-0.05, 0) is 29.2 Å². The van der Waals surface area contributed by atoms with Gasteiger partial charge in [0.05, 0.1) is 13.0 Å². The topological polar surface area (TPSA) is 64.6 Å². The van der Waals surface area contributed by atoms with Crippen molar-refractivity contribution in [2.45, 2.75) is 31.5 Å². The Balaban J connectivity index is 1.68. The van der Waals surface area contributed by atoms with Gasteiger partial charge in [0.2, 0.25) is 0 Å². The monoisotopic (exact) mass is 407 g/mol. The summed E-state index contributed by atoms with van der Waals surface area (Å²) >= 11 is 0. The minimum atomic E-state index is -4.81. The van der Waals surface area contributed by atoms with E-state index in [2.05, 4.69) is 4.74 Å². The molecule has 3 rings (SSSR count). The zero-order valence-electron chi connectivity index (χ0n) is 15.7. The van der Waals surface area contributed by atoms with E-state index in [4.69, 9.17) is 4.74 Å². The molecule has 2 aromatic carbocycles. The molecule has 0 aliphatic heterocycles. The Morgan fingerprint density at radius 2 is 1.55 bits per heavy atom. The summed E-state index contributed by atoms with van der Waals surface area (Å²) in [4.78, 5) is 23.4. The lowest BCUT2D eigenvalue weighted by Crippen LogP contribution is -2.47. The van der Waals surface area contributed by atoms with E-state index < -0.39 is 30.7 Å². The average Bonchev–Trinajstić information content (AvgIpc) is 2.99. The van der Waals surface area contributed by atoms with Crippen molar-refractivity contribution in [1.82, 2.24) is 5.32 Å². The van der Waals surface area contributed by atoms with Crippen LogP contribution < -0.4 is 5.32 Å². The van der Waals surface area contributed by atoms with Crippen molar-refractivity contribution >= 4 is 12.1 Å². The number of halogens is 3. The highest BCUT2D eigenvalue weighted by atomic mass is 19.4. The number of nitrogens with one attached hydrogen (secondary N) is 1. The Bertz CT molecular complexity index is 852. The predicted molar refractivity (Wildman–Crippen MR) is 99.3 cm³/mol. The molecule has 0 heterocycles. The molecule has 0 bridgehead atoms. The van der Waals surface area contributed by atoms with E-state index in [0.29, 0.717) is 0 Å². The molecule has 0 fully saturated rings. The summed E-state index contributed by atoms with van der Waals surface area (Å²) in [5.74, 6) is -1.32. The van der Waals surface area contributed by atoms with Gasteiger partial charge in [-0.1, -0.05) is 48.5 Å². The van der Waals surface area contributed by atoms with E-state index in [9.17, 15) is 22.8 Å². The average molecular weight is 407 g/mol. The van der Waals surface area contributed by atoms with Crippen LogP contribution in [0.25, 0.3) is 11.1 Å². The van der Waals surface area contributed by atoms with Crippen LogP contribution in [0.3, 0.4) is 0 Å². The van der Waals surface area contributed by atoms with Crippen LogP contribution in [0, 0.1) is 0 Å². The summed E-state index contributed by atoms with van der Waals surface area (Å²) in [7, 11) is 0. The Labute approximate surface area is 165 Å². The number of carbonyl (C=O) groups excluding carboxylic acids is 2. The largest absolute Gasteiger partial charge is 0.466 e. The van der Waals surface area contributed by atoms with Crippen molar-refractivity contribution in [3.63, 3.8) is 0 Å². The zero-order valence-corrected chi connectivity index (χ0v) is 15.7. The van der Waals surface area contributed by atoms with Crippen molar-refractivity contribution in [1.29, 1.82) is 0 Å². The van der Waals surface area contributed by atoms with Crippen molar-refractivity contribution in [3.8, 4) is 11.1 Å². The zero-order chi connectivity index (χ0) is 21.0. The maximum Gasteiger partial charge on any atom is 0.409 e. The number of alkyl carbamates (subject to hydrolysis) is 1. The molecule has 29 heavy (non-hydrogen) atoms. The summed E-state index contributed by atoms with van der Waals surface area (Å²) < 4.78 is 49.1. The standard InChI is InChI=1S/C21H20F3NO4/c1-2-28-19(26)11-18(21(22,23)24)25-20(27)29-12-17-15-9-5-3-7-13(15)14-8-4-6-10-16(14)17/h3-10,17-18H,2,11-12H2,1H3,(H,25,27)/t18-/m1/s1. The highest BCUT2D eigenvalue weighted by Crippen LogP contribution is 2.44. The van der Waals surface area contributed by atoms with Gasteiger partial charge in [0, 0.05) is 5.92 Å². The second-order valence-electron chi connectivity index (χ2n) is 6.57. The Morgan fingerprint density at radius 3 is 2.07 bits per heavy atom. The fourth-order valence-electron chi connectivity index (χ4n) is 3.42. The quantitative estimate of drug-likeness (QED) is 0.721. The van der Waals surface area contributed by atoms with Crippen molar-refractivity contribution in [2.75, 3.05) is 13.2 Å². The number of benzene rings is 2. The number of hydrogen-bond acceptors (Lipinski definition) is 4. The molecule has 2 aromatic rings. The van der Waals surface area contributed by atoms with Crippen LogP contribution in [0.1, 0.15) is 30.4 Å². The van der Waals surface area contributed by atoms with Crippen molar-refractivity contribution < 1.29 is 32.2 Å². The summed E-state index contributed by atoms with van der Waals surface area (Å²) in [6, 6.07) is 12.8. The molecule has 1 N–H and O–H groups in total. The van der Waals surface area contributed by atoms with Crippen molar-refractivity contribution in [2.24, 2.45) is 0 Å². The van der Waals surface area contributed by atoms with E-state index in [0.717, 1.165) is 22.3 Å². The lowest BCUT2D eigenvalue weighted by molar-refractivity contribution is -0.168.